The van der Waals surface area contributed by atoms with E-state index in [2.05, 4.69) is 21.2 Å². The van der Waals surface area contributed by atoms with Crippen molar-refractivity contribution < 1.29 is 18.0 Å². The number of nitrogens with zero attached hydrogens (tertiary/aromatic N) is 2. The summed E-state index contributed by atoms with van der Waals surface area (Å²) < 4.78 is 29.9. The van der Waals surface area contributed by atoms with E-state index in [-0.39, 0.29) is 35.4 Å². The maximum Gasteiger partial charge on any atom is 0.264 e. The van der Waals surface area contributed by atoms with Crippen molar-refractivity contribution in [1.82, 2.24) is 10.2 Å². The minimum absolute atomic E-state index is 0.0249. The summed E-state index contributed by atoms with van der Waals surface area (Å²) in [6.45, 7) is 3.65. The molecule has 45 heavy (non-hydrogen) atoms. The van der Waals surface area contributed by atoms with Gasteiger partial charge in [0.2, 0.25) is 11.8 Å². The van der Waals surface area contributed by atoms with E-state index >= 15 is 0 Å². The van der Waals surface area contributed by atoms with Crippen molar-refractivity contribution in [2.45, 2.75) is 37.8 Å². The smallest absolute Gasteiger partial charge is 0.264 e. The maximum absolute atomic E-state index is 14.5. The molecule has 7 nitrogen and oxygen atoms in total. The summed E-state index contributed by atoms with van der Waals surface area (Å²) in [7, 11) is -4.19. The highest BCUT2D eigenvalue weighted by Crippen LogP contribution is 2.29. The predicted octanol–water partition coefficient (Wildman–Crippen LogP) is 7.36. The third kappa shape index (κ3) is 9.10. The molecule has 4 aromatic rings. The van der Waals surface area contributed by atoms with E-state index < -0.39 is 28.5 Å². The summed E-state index contributed by atoms with van der Waals surface area (Å²) in [5.74, 6) is -0.809. The molecule has 0 spiro atoms. The second-order valence-corrected chi connectivity index (χ2v) is 14.5. The van der Waals surface area contributed by atoms with Crippen LogP contribution in [0.4, 0.5) is 5.69 Å². The van der Waals surface area contributed by atoms with Gasteiger partial charge >= 0.3 is 0 Å². The van der Waals surface area contributed by atoms with Gasteiger partial charge < -0.3 is 10.2 Å². The second-order valence-electron chi connectivity index (χ2n) is 10.9. The van der Waals surface area contributed by atoms with E-state index in [4.69, 9.17) is 23.2 Å². The minimum Gasteiger partial charge on any atom is -0.354 e. The number of anilines is 1. The van der Waals surface area contributed by atoms with Crippen LogP contribution in [0.2, 0.25) is 10.0 Å². The summed E-state index contributed by atoms with van der Waals surface area (Å²) in [6.07, 6.45) is 0.183. The Hall–Kier alpha value is -3.37. The lowest BCUT2D eigenvalue weighted by Gasteiger charge is -2.34. The first-order chi connectivity index (χ1) is 21.5. The molecule has 1 unspecified atom stereocenters. The van der Waals surface area contributed by atoms with Crippen LogP contribution in [0.5, 0.6) is 0 Å². The molecular formula is C34H34BrCl2N3O4S. The number of amides is 2. The fourth-order valence-corrected chi connectivity index (χ4v) is 6.90. The van der Waals surface area contributed by atoms with Gasteiger partial charge in [-0.2, -0.15) is 0 Å². The van der Waals surface area contributed by atoms with Gasteiger partial charge in [0.05, 0.1) is 10.6 Å². The zero-order valence-corrected chi connectivity index (χ0v) is 28.8. The van der Waals surface area contributed by atoms with Crippen LogP contribution >= 0.6 is 39.1 Å². The van der Waals surface area contributed by atoms with Gasteiger partial charge in [-0.3, -0.25) is 13.9 Å². The fraction of sp³-hybridized carbons (Fsp3) is 0.235. The number of rotatable bonds is 13. The zero-order valence-electron chi connectivity index (χ0n) is 24.9. The molecule has 2 amide bonds. The molecule has 0 heterocycles. The van der Waals surface area contributed by atoms with Crippen LogP contribution in [0.3, 0.4) is 0 Å². The Bertz CT molecular complexity index is 1690. The van der Waals surface area contributed by atoms with Gasteiger partial charge in [-0.1, -0.05) is 108 Å². The van der Waals surface area contributed by atoms with E-state index in [0.717, 1.165) is 14.3 Å². The molecule has 0 saturated heterocycles. The van der Waals surface area contributed by atoms with Gasteiger partial charge in [0.1, 0.15) is 12.6 Å². The van der Waals surface area contributed by atoms with Crippen molar-refractivity contribution in [3.63, 3.8) is 0 Å². The Balaban J connectivity index is 1.82. The van der Waals surface area contributed by atoms with Crippen LogP contribution in [0, 0.1) is 5.92 Å². The first-order valence-electron chi connectivity index (χ1n) is 14.3. The first kappa shape index (κ1) is 34.5. The quantitative estimate of drug-likeness (QED) is 0.156. The summed E-state index contributed by atoms with van der Waals surface area (Å²) >= 11 is 16.5. The molecule has 0 fully saturated rings. The average molecular weight is 732 g/mol. The predicted molar refractivity (Wildman–Crippen MR) is 184 cm³/mol. The van der Waals surface area contributed by atoms with E-state index in [1.165, 1.54) is 17.0 Å². The molecular weight excluding hydrogens is 697 g/mol. The van der Waals surface area contributed by atoms with Crippen LogP contribution in [0.1, 0.15) is 25.0 Å². The lowest BCUT2D eigenvalue weighted by Crippen LogP contribution is -2.53. The lowest BCUT2D eigenvalue weighted by molar-refractivity contribution is -0.140. The zero-order chi connectivity index (χ0) is 32.6. The third-order valence-electron chi connectivity index (χ3n) is 7.07. The van der Waals surface area contributed by atoms with Crippen molar-refractivity contribution in [3.05, 3.63) is 129 Å². The summed E-state index contributed by atoms with van der Waals surface area (Å²) in [4.78, 5) is 29.8. The number of carbonyl (C=O) groups excluding carboxylic acids is 2. The molecule has 0 aliphatic carbocycles. The van der Waals surface area contributed by atoms with Gasteiger partial charge in [0.25, 0.3) is 10.0 Å². The Kier molecular flexibility index (Phi) is 12.1. The highest BCUT2D eigenvalue weighted by molar-refractivity contribution is 9.10. The molecule has 0 aromatic heterocycles. The monoisotopic (exact) mass is 729 g/mol. The van der Waals surface area contributed by atoms with E-state index in [0.29, 0.717) is 22.2 Å². The molecule has 1 atom stereocenters. The number of benzene rings is 4. The third-order valence-corrected chi connectivity index (χ3v) is 10.1. The van der Waals surface area contributed by atoms with Gasteiger partial charge in [0, 0.05) is 39.6 Å². The van der Waals surface area contributed by atoms with Crippen molar-refractivity contribution in [1.29, 1.82) is 0 Å². The molecule has 0 radical (unpaired) electrons. The standard InChI is InChI=1S/C34H34BrCl2N3O4S/c1-24(2)21-38-34(42)32(20-25-10-5-3-6-11-25)39(22-29-30(36)14-9-15-31(29)37)33(41)23-40(27-18-16-26(35)17-19-27)45(43,44)28-12-7-4-8-13-28/h3-19,24,32H,20-23H2,1-2H3,(H,38,42). The molecule has 1 N–H and O–H groups in total. The topological polar surface area (TPSA) is 86.8 Å². The van der Waals surface area contributed by atoms with Crippen LogP contribution < -0.4 is 9.62 Å². The van der Waals surface area contributed by atoms with Crippen LogP contribution in [0.25, 0.3) is 0 Å². The number of halogens is 3. The Labute approximate surface area is 283 Å². The molecule has 0 aliphatic heterocycles. The number of hydrogen-bond acceptors (Lipinski definition) is 4. The molecule has 11 heteroatoms. The highest BCUT2D eigenvalue weighted by Gasteiger charge is 2.35. The van der Waals surface area contributed by atoms with Gasteiger partial charge in [0.15, 0.2) is 0 Å². The Morgan fingerprint density at radius 3 is 1.98 bits per heavy atom. The second kappa shape index (κ2) is 15.8. The van der Waals surface area contributed by atoms with Crippen LogP contribution in [-0.2, 0) is 32.6 Å². The maximum atomic E-state index is 14.5. The van der Waals surface area contributed by atoms with E-state index in [9.17, 15) is 18.0 Å². The largest absolute Gasteiger partial charge is 0.354 e. The van der Waals surface area contributed by atoms with Gasteiger partial charge in [-0.25, -0.2) is 8.42 Å². The number of carbonyl (C=O) groups is 2. The highest BCUT2D eigenvalue weighted by atomic mass is 79.9. The van der Waals surface area contributed by atoms with Crippen LogP contribution in [0.15, 0.2) is 112 Å². The van der Waals surface area contributed by atoms with Crippen molar-refractivity contribution in [2.24, 2.45) is 5.92 Å². The molecule has 0 saturated carbocycles. The number of sulfonamides is 1. The average Bonchev–Trinajstić information content (AvgIpc) is 3.03. The normalized spacial score (nSPS) is 12.0. The Morgan fingerprint density at radius 2 is 1.40 bits per heavy atom. The molecule has 4 rings (SSSR count). The van der Waals surface area contributed by atoms with Gasteiger partial charge in [-0.05, 0) is 60.0 Å². The summed E-state index contributed by atoms with van der Waals surface area (Å²) in [5, 5.41) is 3.61. The SMILES string of the molecule is CC(C)CNC(=O)C(Cc1ccccc1)N(Cc1c(Cl)cccc1Cl)C(=O)CN(c1ccc(Br)cc1)S(=O)(=O)c1ccccc1. The van der Waals surface area contributed by atoms with Crippen molar-refractivity contribution in [2.75, 3.05) is 17.4 Å². The van der Waals surface area contributed by atoms with Crippen LogP contribution in [-0.4, -0.2) is 44.3 Å². The van der Waals surface area contributed by atoms with E-state index in [1.807, 2.05) is 44.2 Å². The Morgan fingerprint density at radius 1 is 0.822 bits per heavy atom. The molecule has 0 bridgehead atoms. The fourth-order valence-electron chi connectivity index (χ4n) is 4.69. The first-order valence-corrected chi connectivity index (χ1v) is 17.3. The van der Waals surface area contributed by atoms with E-state index in [1.54, 1.807) is 60.7 Å². The summed E-state index contributed by atoms with van der Waals surface area (Å²) in [6, 6.07) is 27.9. The molecule has 0 aliphatic rings. The number of hydrogen-bond donors (Lipinski definition) is 1. The minimum atomic E-state index is -4.19. The lowest BCUT2D eigenvalue weighted by atomic mass is 10.0. The van der Waals surface area contributed by atoms with Crippen molar-refractivity contribution in [3.8, 4) is 0 Å². The molecule has 4 aromatic carbocycles. The van der Waals surface area contributed by atoms with Gasteiger partial charge in [-0.15, -0.1) is 0 Å². The number of nitrogens with one attached hydrogen (secondary N) is 1. The van der Waals surface area contributed by atoms with Crippen molar-refractivity contribution >= 4 is 66.7 Å². The molecule has 236 valence electrons. The summed E-state index contributed by atoms with van der Waals surface area (Å²) in [5.41, 5.74) is 1.56.